The number of sulfonamides is 1. The summed E-state index contributed by atoms with van der Waals surface area (Å²) in [5.41, 5.74) is 0.961. The normalized spacial score (nSPS) is 22.0. The summed E-state index contributed by atoms with van der Waals surface area (Å²) < 4.78 is 31.2. The molecule has 5 rings (SSSR count). The van der Waals surface area contributed by atoms with Gasteiger partial charge in [-0.2, -0.15) is 4.31 Å². The van der Waals surface area contributed by atoms with Crippen molar-refractivity contribution >= 4 is 15.9 Å². The van der Waals surface area contributed by atoms with Gasteiger partial charge in [-0.3, -0.25) is 4.79 Å². The van der Waals surface area contributed by atoms with E-state index in [1.165, 1.54) is 0 Å². The van der Waals surface area contributed by atoms with Crippen LogP contribution in [0, 0.1) is 19.8 Å². The molecule has 0 spiro atoms. The highest BCUT2D eigenvalue weighted by Gasteiger charge is 2.41. The highest BCUT2D eigenvalue weighted by molar-refractivity contribution is 7.89. The van der Waals surface area contributed by atoms with E-state index < -0.39 is 10.0 Å². The third kappa shape index (κ3) is 4.69. The molecular weight excluding hydrogens is 474 g/mol. The van der Waals surface area contributed by atoms with Crippen molar-refractivity contribution in [1.82, 2.24) is 24.0 Å². The number of carbonyl (C=O) groups excluding carboxylic acids is 1. The zero-order chi connectivity index (χ0) is 25.3. The smallest absolute Gasteiger partial charge is 0.243 e. The first kappa shape index (κ1) is 24.6. The molecule has 0 saturated carbocycles. The Hall–Kier alpha value is -3.04. The monoisotopic (exact) mass is 507 g/mol. The number of hydrogen-bond donors (Lipinski definition) is 0. The first-order valence-electron chi connectivity index (χ1n) is 12.6. The molecule has 1 aromatic heterocycles. The number of aromatic nitrogens is 3. The van der Waals surface area contributed by atoms with E-state index in [0.29, 0.717) is 25.9 Å². The summed E-state index contributed by atoms with van der Waals surface area (Å²) in [7, 11) is -3.76. The summed E-state index contributed by atoms with van der Waals surface area (Å²) in [4.78, 5) is 15.8. The average molecular weight is 508 g/mol. The summed E-state index contributed by atoms with van der Waals surface area (Å²) in [6, 6.07) is 18.3. The molecule has 0 radical (unpaired) electrons. The number of amides is 1. The van der Waals surface area contributed by atoms with E-state index >= 15 is 0 Å². The molecule has 190 valence electrons. The van der Waals surface area contributed by atoms with Crippen molar-refractivity contribution in [2.45, 2.75) is 56.5 Å². The number of piperidine rings is 2. The number of benzene rings is 2. The van der Waals surface area contributed by atoms with Gasteiger partial charge in [0, 0.05) is 25.7 Å². The van der Waals surface area contributed by atoms with Gasteiger partial charge >= 0.3 is 0 Å². The SMILES string of the molecule is Cc1nnc(C)n1C1CCN(C(=O)[C@@H]2CC[C@H](c3ccccc3)N(S(=O)(=O)c3ccccc3)C2)CC1. The Bertz CT molecular complexity index is 1280. The van der Waals surface area contributed by atoms with Crippen molar-refractivity contribution < 1.29 is 13.2 Å². The third-order valence-corrected chi connectivity index (χ3v) is 9.49. The first-order chi connectivity index (χ1) is 17.4. The van der Waals surface area contributed by atoms with Crippen molar-refractivity contribution in [3.05, 3.63) is 77.9 Å². The fourth-order valence-electron chi connectivity index (χ4n) is 5.75. The fourth-order valence-corrected chi connectivity index (χ4v) is 7.46. The molecule has 8 nitrogen and oxygen atoms in total. The Kier molecular flexibility index (Phi) is 6.94. The molecule has 2 aromatic carbocycles. The van der Waals surface area contributed by atoms with Crippen LogP contribution in [0.4, 0.5) is 0 Å². The van der Waals surface area contributed by atoms with Crippen molar-refractivity contribution in [3.8, 4) is 0 Å². The highest BCUT2D eigenvalue weighted by Crippen LogP contribution is 2.38. The van der Waals surface area contributed by atoms with Crippen LogP contribution in [0.5, 0.6) is 0 Å². The van der Waals surface area contributed by atoms with Gasteiger partial charge in [0.05, 0.1) is 16.9 Å². The maximum atomic E-state index is 13.7. The first-order valence-corrected chi connectivity index (χ1v) is 14.1. The number of nitrogens with zero attached hydrogens (tertiary/aromatic N) is 5. The van der Waals surface area contributed by atoms with Gasteiger partial charge in [0.1, 0.15) is 11.6 Å². The molecular formula is C27H33N5O3S. The third-order valence-electron chi connectivity index (χ3n) is 7.60. The lowest BCUT2D eigenvalue weighted by molar-refractivity contribution is -0.138. The second-order valence-corrected chi connectivity index (χ2v) is 11.7. The summed E-state index contributed by atoms with van der Waals surface area (Å²) in [5, 5.41) is 8.35. The fraction of sp³-hybridized carbons (Fsp3) is 0.444. The van der Waals surface area contributed by atoms with Crippen molar-refractivity contribution in [2.24, 2.45) is 5.92 Å². The number of likely N-dealkylation sites (tertiary alicyclic amines) is 1. The predicted molar refractivity (Wildman–Crippen MR) is 137 cm³/mol. The van der Waals surface area contributed by atoms with Crippen LogP contribution >= 0.6 is 0 Å². The Labute approximate surface area is 213 Å². The summed E-state index contributed by atoms with van der Waals surface area (Å²) in [6.07, 6.45) is 2.97. The van der Waals surface area contributed by atoms with Crippen LogP contribution < -0.4 is 0 Å². The van der Waals surface area contributed by atoms with Crippen LogP contribution in [-0.4, -0.2) is 57.9 Å². The maximum absolute atomic E-state index is 13.7. The van der Waals surface area contributed by atoms with Gasteiger partial charge < -0.3 is 9.47 Å². The second kappa shape index (κ2) is 10.1. The Morgan fingerprint density at radius 3 is 2.03 bits per heavy atom. The topological polar surface area (TPSA) is 88.4 Å². The van der Waals surface area contributed by atoms with Gasteiger partial charge in [0.2, 0.25) is 15.9 Å². The zero-order valence-corrected chi connectivity index (χ0v) is 21.6. The van der Waals surface area contributed by atoms with Gasteiger partial charge in [-0.15, -0.1) is 10.2 Å². The molecule has 3 aromatic rings. The van der Waals surface area contributed by atoms with E-state index in [0.717, 1.165) is 30.1 Å². The van der Waals surface area contributed by atoms with E-state index in [4.69, 9.17) is 0 Å². The number of rotatable bonds is 5. The van der Waals surface area contributed by atoms with Crippen LogP contribution in [0.15, 0.2) is 65.6 Å². The van der Waals surface area contributed by atoms with Crippen molar-refractivity contribution in [3.63, 3.8) is 0 Å². The highest BCUT2D eigenvalue weighted by atomic mass is 32.2. The Morgan fingerprint density at radius 1 is 0.833 bits per heavy atom. The van der Waals surface area contributed by atoms with Crippen LogP contribution in [-0.2, 0) is 14.8 Å². The van der Waals surface area contributed by atoms with E-state index in [1.54, 1.807) is 28.6 Å². The van der Waals surface area contributed by atoms with E-state index in [9.17, 15) is 13.2 Å². The van der Waals surface area contributed by atoms with Crippen LogP contribution in [0.3, 0.4) is 0 Å². The molecule has 0 unspecified atom stereocenters. The maximum Gasteiger partial charge on any atom is 0.243 e. The minimum atomic E-state index is -3.76. The second-order valence-electron chi connectivity index (χ2n) is 9.81. The molecule has 2 atom stereocenters. The quantitative estimate of drug-likeness (QED) is 0.523. The largest absolute Gasteiger partial charge is 0.342 e. The van der Waals surface area contributed by atoms with Crippen molar-refractivity contribution in [1.29, 1.82) is 0 Å². The average Bonchev–Trinajstić information content (AvgIpc) is 3.26. The lowest BCUT2D eigenvalue weighted by atomic mass is 9.89. The minimum Gasteiger partial charge on any atom is -0.342 e. The lowest BCUT2D eigenvalue weighted by Gasteiger charge is -2.41. The minimum absolute atomic E-state index is 0.0606. The molecule has 36 heavy (non-hydrogen) atoms. The van der Waals surface area contributed by atoms with Crippen LogP contribution in [0.2, 0.25) is 0 Å². The Morgan fingerprint density at radius 2 is 1.42 bits per heavy atom. The summed E-state index contributed by atoms with van der Waals surface area (Å²) >= 11 is 0. The van der Waals surface area contributed by atoms with Crippen molar-refractivity contribution in [2.75, 3.05) is 19.6 Å². The number of carbonyl (C=O) groups is 1. The molecule has 2 aliphatic rings. The van der Waals surface area contributed by atoms with Gasteiger partial charge in [-0.25, -0.2) is 8.42 Å². The molecule has 0 aliphatic carbocycles. The molecule has 1 amide bonds. The van der Waals surface area contributed by atoms with Crippen LogP contribution in [0.25, 0.3) is 0 Å². The Balaban J connectivity index is 1.34. The molecule has 2 saturated heterocycles. The van der Waals surface area contributed by atoms with Gasteiger partial charge in [-0.1, -0.05) is 48.5 Å². The molecule has 0 bridgehead atoms. The molecule has 2 fully saturated rings. The van der Waals surface area contributed by atoms with E-state index in [-0.39, 0.29) is 35.3 Å². The van der Waals surface area contributed by atoms with Crippen LogP contribution in [0.1, 0.15) is 55.0 Å². The number of hydrogen-bond acceptors (Lipinski definition) is 5. The van der Waals surface area contributed by atoms with Gasteiger partial charge in [0.25, 0.3) is 0 Å². The molecule has 0 N–H and O–H groups in total. The summed E-state index contributed by atoms with van der Waals surface area (Å²) in [6.45, 7) is 5.43. The number of aryl methyl sites for hydroxylation is 2. The van der Waals surface area contributed by atoms with E-state index in [2.05, 4.69) is 14.8 Å². The van der Waals surface area contributed by atoms with Gasteiger partial charge in [0.15, 0.2) is 0 Å². The van der Waals surface area contributed by atoms with Gasteiger partial charge in [-0.05, 0) is 57.2 Å². The van der Waals surface area contributed by atoms with E-state index in [1.807, 2.05) is 55.1 Å². The molecule has 3 heterocycles. The lowest BCUT2D eigenvalue weighted by Crippen LogP contribution is -2.49. The summed E-state index contributed by atoms with van der Waals surface area (Å²) in [5.74, 6) is 1.51. The zero-order valence-electron chi connectivity index (χ0n) is 20.8. The molecule has 9 heteroatoms. The standard InChI is InChI=1S/C27H33N5O3S/c1-20-28-29-21(2)32(20)24-15-17-30(18-16-24)27(33)23-13-14-26(22-9-5-3-6-10-22)31(19-23)36(34,35)25-11-7-4-8-12-25/h3-12,23-24,26H,13-19H2,1-2H3/t23-,26-/m1/s1. The predicted octanol–water partition coefficient (Wildman–Crippen LogP) is 3.90. The molecule has 2 aliphatic heterocycles.